The standard InChI is InChI=1S/C30H39NO3/c1-6-26(33)30(34)14-12-23-22-15-19(3)24-16-21(31-20-9-7-18(2)8-10-20)11-13-28(24,4)27(22)25(32)17-29(23,30)5/h7-11,13,16,19,22-23,25,27,32,34H,6,12,14-15,17H2,1-5H3/t19-,22-,23-,25-,27+,28-,29-,30-/m0/s1. The van der Waals surface area contributed by atoms with Gasteiger partial charge >= 0.3 is 0 Å². The molecule has 0 aliphatic heterocycles. The SMILES string of the molecule is CCC(=O)[C@@]1(O)CC[C@H]2[C@@H]3C[C@H](C)C4=CC(=Nc5ccc(C)cc5)C=C[C@]4(C)[C@H]3[C@@H](O)C[C@@]21C. The van der Waals surface area contributed by atoms with Crippen molar-refractivity contribution in [2.75, 3.05) is 0 Å². The molecular weight excluding hydrogens is 422 g/mol. The van der Waals surface area contributed by atoms with Crippen molar-refractivity contribution < 1.29 is 15.0 Å². The number of ketones is 1. The molecule has 1 aromatic rings. The molecule has 0 spiro atoms. The van der Waals surface area contributed by atoms with Crippen molar-refractivity contribution in [3.05, 3.63) is 53.6 Å². The number of aliphatic hydroxyl groups is 2. The summed E-state index contributed by atoms with van der Waals surface area (Å²) in [7, 11) is 0. The predicted octanol–water partition coefficient (Wildman–Crippen LogP) is 5.73. The molecule has 3 saturated carbocycles. The Morgan fingerprint density at radius 2 is 1.91 bits per heavy atom. The van der Waals surface area contributed by atoms with Gasteiger partial charge in [0.05, 0.1) is 17.5 Å². The summed E-state index contributed by atoms with van der Waals surface area (Å²) in [4.78, 5) is 17.7. The minimum absolute atomic E-state index is 0.0617. The van der Waals surface area contributed by atoms with Crippen molar-refractivity contribution in [3.8, 4) is 0 Å². The molecule has 0 amide bonds. The number of carbonyl (C=O) groups is 1. The predicted molar refractivity (Wildman–Crippen MR) is 136 cm³/mol. The number of nitrogens with zero attached hydrogens (tertiary/aromatic N) is 1. The lowest BCUT2D eigenvalue weighted by Crippen LogP contribution is -2.62. The fourth-order valence-electron chi connectivity index (χ4n) is 8.35. The molecule has 0 aromatic heterocycles. The topological polar surface area (TPSA) is 69.9 Å². The number of fused-ring (bicyclic) bond motifs is 5. The lowest BCUT2D eigenvalue weighted by atomic mass is 9.44. The van der Waals surface area contributed by atoms with Gasteiger partial charge in [-0.15, -0.1) is 0 Å². The number of Topliss-reactive ketones (excluding diaryl/α,β-unsaturated/α-hetero) is 1. The molecule has 4 nitrogen and oxygen atoms in total. The van der Waals surface area contributed by atoms with E-state index in [2.05, 4.69) is 58.1 Å². The summed E-state index contributed by atoms with van der Waals surface area (Å²) >= 11 is 0. The Morgan fingerprint density at radius 1 is 1.21 bits per heavy atom. The average Bonchev–Trinajstić information content (AvgIpc) is 3.06. The van der Waals surface area contributed by atoms with Crippen LogP contribution in [-0.4, -0.2) is 33.4 Å². The van der Waals surface area contributed by atoms with Crippen molar-refractivity contribution in [1.82, 2.24) is 0 Å². The molecule has 5 rings (SSSR count). The zero-order valence-corrected chi connectivity index (χ0v) is 21.2. The number of benzene rings is 1. The highest BCUT2D eigenvalue weighted by Crippen LogP contribution is 2.67. The molecular formula is C30H39NO3. The van der Waals surface area contributed by atoms with Crippen molar-refractivity contribution >= 4 is 17.2 Å². The average molecular weight is 462 g/mol. The van der Waals surface area contributed by atoms with E-state index in [1.54, 1.807) is 0 Å². The quantitative estimate of drug-likeness (QED) is 0.604. The van der Waals surface area contributed by atoms with E-state index in [4.69, 9.17) is 4.99 Å². The van der Waals surface area contributed by atoms with Crippen LogP contribution in [0.2, 0.25) is 0 Å². The third-order valence-corrected chi connectivity index (χ3v) is 10.1. The first-order valence-corrected chi connectivity index (χ1v) is 13.0. The molecule has 4 aliphatic rings. The smallest absolute Gasteiger partial charge is 0.164 e. The van der Waals surface area contributed by atoms with Crippen LogP contribution in [0, 0.1) is 41.4 Å². The first-order valence-electron chi connectivity index (χ1n) is 13.0. The fraction of sp³-hybridized carbons (Fsp3) is 0.600. The van der Waals surface area contributed by atoms with Crippen LogP contribution in [0.3, 0.4) is 0 Å². The van der Waals surface area contributed by atoms with E-state index in [9.17, 15) is 15.0 Å². The highest BCUT2D eigenvalue weighted by atomic mass is 16.3. The van der Waals surface area contributed by atoms with E-state index in [-0.39, 0.29) is 29.0 Å². The van der Waals surface area contributed by atoms with Crippen LogP contribution >= 0.6 is 0 Å². The third kappa shape index (κ3) is 3.25. The maximum absolute atomic E-state index is 12.9. The summed E-state index contributed by atoms with van der Waals surface area (Å²) in [6.45, 7) is 10.5. The van der Waals surface area contributed by atoms with Gasteiger partial charge in [-0.2, -0.15) is 0 Å². The second kappa shape index (κ2) is 7.99. The van der Waals surface area contributed by atoms with E-state index in [1.165, 1.54) is 11.1 Å². The first-order chi connectivity index (χ1) is 16.0. The Hall–Kier alpha value is -2.04. The molecule has 182 valence electrons. The Bertz CT molecular complexity index is 1080. The summed E-state index contributed by atoms with van der Waals surface area (Å²) < 4.78 is 0. The van der Waals surface area contributed by atoms with Crippen LogP contribution < -0.4 is 0 Å². The van der Waals surface area contributed by atoms with Crippen LogP contribution in [0.5, 0.6) is 0 Å². The van der Waals surface area contributed by atoms with E-state index in [1.807, 2.05) is 19.1 Å². The van der Waals surface area contributed by atoms with Gasteiger partial charge in [-0.25, -0.2) is 4.99 Å². The zero-order valence-electron chi connectivity index (χ0n) is 21.2. The number of hydrogen-bond acceptors (Lipinski definition) is 4. The Kier molecular flexibility index (Phi) is 5.57. The highest BCUT2D eigenvalue weighted by molar-refractivity contribution is 6.07. The second-order valence-corrected chi connectivity index (χ2v) is 11.9. The van der Waals surface area contributed by atoms with Gasteiger partial charge in [-0.05, 0) is 74.6 Å². The maximum atomic E-state index is 12.9. The monoisotopic (exact) mass is 461 g/mol. The minimum atomic E-state index is -1.31. The number of allylic oxidation sites excluding steroid dienone is 4. The van der Waals surface area contributed by atoms with Crippen LogP contribution in [-0.2, 0) is 4.79 Å². The van der Waals surface area contributed by atoms with Crippen molar-refractivity contribution in [2.45, 2.75) is 78.4 Å². The number of aliphatic hydroxyl groups excluding tert-OH is 1. The lowest BCUT2D eigenvalue weighted by Gasteiger charge is -2.61. The van der Waals surface area contributed by atoms with Gasteiger partial charge in [0.2, 0.25) is 0 Å². The van der Waals surface area contributed by atoms with Gasteiger partial charge in [0, 0.05) is 23.2 Å². The molecule has 8 atom stereocenters. The molecule has 1 aromatic carbocycles. The number of aliphatic imine (C=N–C) groups is 1. The van der Waals surface area contributed by atoms with E-state index in [0.29, 0.717) is 25.2 Å². The summed E-state index contributed by atoms with van der Waals surface area (Å²) in [5.41, 5.74) is 2.36. The van der Waals surface area contributed by atoms with Crippen LogP contribution in [0.4, 0.5) is 5.69 Å². The van der Waals surface area contributed by atoms with Gasteiger partial charge < -0.3 is 10.2 Å². The summed E-state index contributed by atoms with van der Waals surface area (Å²) in [5, 5.41) is 23.2. The Labute approximate surface area is 203 Å². The van der Waals surface area contributed by atoms with Crippen molar-refractivity contribution in [2.24, 2.45) is 39.5 Å². The Morgan fingerprint density at radius 3 is 2.59 bits per heavy atom. The molecule has 0 unspecified atom stereocenters. The minimum Gasteiger partial charge on any atom is -0.393 e. The van der Waals surface area contributed by atoms with Gasteiger partial charge in [-0.3, -0.25) is 4.79 Å². The molecule has 4 heteroatoms. The molecule has 0 radical (unpaired) electrons. The second-order valence-electron chi connectivity index (χ2n) is 11.9. The first kappa shape index (κ1) is 23.7. The maximum Gasteiger partial charge on any atom is 0.164 e. The number of aryl methyl sites for hydroxylation is 1. The van der Waals surface area contributed by atoms with Gasteiger partial charge in [0.15, 0.2) is 5.78 Å². The van der Waals surface area contributed by atoms with E-state index in [0.717, 1.165) is 24.2 Å². The summed E-state index contributed by atoms with van der Waals surface area (Å²) in [6, 6.07) is 8.26. The zero-order chi connectivity index (χ0) is 24.5. The number of hydrogen-bond donors (Lipinski definition) is 2. The van der Waals surface area contributed by atoms with E-state index >= 15 is 0 Å². The molecule has 0 bridgehead atoms. The molecule has 0 heterocycles. The molecule has 2 N–H and O–H groups in total. The fourth-order valence-corrected chi connectivity index (χ4v) is 8.35. The highest BCUT2D eigenvalue weighted by Gasteiger charge is 2.68. The van der Waals surface area contributed by atoms with Gasteiger partial charge in [-0.1, -0.05) is 57.0 Å². The van der Waals surface area contributed by atoms with Gasteiger partial charge in [0.25, 0.3) is 0 Å². The third-order valence-electron chi connectivity index (χ3n) is 10.1. The molecule has 4 aliphatic carbocycles. The number of rotatable bonds is 3. The normalized spacial score (nSPS) is 44.3. The van der Waals surface area contributed by atoms with Crippen LogP contribution in [0.15, 0.2) is 53.1 Å². The summed E-state index contributed by atoms with van der Waals surface area (Å²) in [6.07, 6.45) is 9.26. The van der Waals surface area contributed by atoms with Crippen molar-refractivity contribution in [1.29, 1.82) is 0 Å². The van der Waals surface area contributed by atoms with Gasteiger partial charge in [0.1, 0.15) is 5.60 Å². The van der Waals surface area contributed by atoms with Crippen LogP contribution in [0.25, 0.3) is 0 Å². The number of carbonyl (C=O) groups excluding carboxylic acids is 1. The van der Waals surface area contributed by atoms with Crippen molar-refractivity contribution in [3.63, 3.8) is 0 Å². The lowest BCUT2D eigenvalue weighted by molar-refractivity contribution is -0.178. The molecule has 3 fully saturated rings. The van der Waals surface area contributed by atoms with Crippen LogP contribution in [0.1, 0.15) is 65.4 Å². The Balaban J connectivity index is 1.50. The van der Waals surface area contributed by atoms with E-state index < -0.39 is 17.1 Å². The molecule has 34 heavy (non-hydrogen) atoms. The molecule has 0 saturated heterocycles. The largest absolute Gasteiger partial charge is 0.393 e. The summed E-state index contributed by atoms with van der Waals surface area (Å²) in [5.74, 6) is 0.908.